The maximum Gasteiger partial charge on any atom is 0.243 e. The maximum atomic E-state index is 13.3. The van der Waals surface area contributed by atoms with Gasteiger partial charge in [0.05, 0.1) is 4.90 Å². The Morgan fingerprint density at radius 2 is 1.46 bits per heavy atom. The molecule has 1 fully saturated rings. The summed E-state index contributed by atoms with van der Waals surface area (Å²) in [4.78, 5) is 0.503. The molecule has 1 aliphatic rings. The van der Waals surface area contributed by atoms with Crippen LogP contribution in [-0.4, -0.2) is 31.9 Å². The molecule has 2 rings (SSSR count). The molecule has 2 N–H and O–H groups in total. The Hall–Kier alpha value is -0.620. The fourth-order valence-electron chi connectivity index (χ4n) is 3.60. The van der Waals surface area contributed by atoms with Crippen molar-refractivity contribution in [3.8, 4) is 0 Å². The molecule has 4 nitrogen and oxygen atoms in total. The lowest BCUT2D eigenvalue weighted by molar-refractivity contribution is 0.243. The van der Waals surface area contributed by atoms with Crippen LogP contribution in [0.4, 0.5) is 0 Å². The largest absolute Gasteiger partial charge is 0.328 e. The van der Waals surface area contributed by atoms with Crippen LogP contribution in [-0.2, 0) is 10.0 Å². The van der Waals surface area contributed by atoms with Crippen LogP contribution in [0.2, 0.25) is 0 Å². The quantitative estimate of drug-likeness (QED) is 0.881. The van der Waals surface area contributed by atoms with Crippen molar-refractivity contribution >= 4 is 22.4 Å². The van der Waals surface area contributed by atoms with E-state index in [1.807, 2.05) is 34.6 Å². The fourth-order valence-corrected chi connectivity index (χ4v) is 5.70. The van der Waals surface area contributed by atoms with Crippen molar-refractivity contribution in [1.29, 1.82) is 0 Å². The molecule has 0 radical (unpaired) electrons. The van der Waals surface area contributed by atoms with E-state index in [1.165, 1.54) is 5.56 Å². The first-order chi connectivity index (χ1) is 10.6. The van der Waals surface area contributed by atoms with Crippen LogP contribution in [0.5, 0.6) is 0 Å². The Morgan fingerprint density at radius 1 is 1.00 bits per heavy atom. The Labute approximate surface area is 153 Å². The summed E-state index contributed by atoms with van der Waals surface area (Å²) in [5.41, 5.74) is 11.1. The van der Waals surface area contributed by atoms with Gasteiger partial charge in [0.15, 0.2) is 0 Å². The van der Waals surface area contributed by atoms with Gasteiger partial charge in [-0.1, -0.05) is 0 Å². The van der Waals surface area contributed by atoms with Gasteiger partial charge in [-0.25, -0.2) is 8.42 Å². The predicted octanol–water partition coefficient (Wildman–Crippen LogP) is 3.40. The number of benzene rings is 1. The molecule has 0 amide bonds. The smallest absolute Gasteiger partial charge is 0.243 e. The van der Waals surface area contributed by atoms with Gasteiger partial charge in [-0.15, -0.1) is 12.4 Å². The summed E-state index contributed by atoms with van der Waals surface area (Å²) in [6.45, 7) is 13.0. The van der Waals surface area contributed by atoms with E-state index in [2.05, 4.69) is 6.92 Å². The maximum absolute atomic E-state index is 13.3. The van der Waals surface area contributed by atoms with Crippen LogP contribution in [0, 0.1) is 40.5 Å². The number of hydrogen-bond donors (Lipinski definition) is 1. The summed E-state index contributed by atoms with van der Waals surface area (Å²) in [5.74, 6) is 0.242. The number of rotatable bonds is 3. The molecule has 1 aliphatic heterocycles. The molecule has 0 bridgehead atoms. The Morgan fingerprint density at radius 3 is 1.92 bits per heavy atom. The first-order valence-corrected chi connectivity index (χ1v) is 9.85. The Balaban J connectivity index is 0.00000288. The van der Waals surface area contributed by atoms with Crippen LogP contribution in [0.1, 0.15) is 47.6 Å². The minimum Gasteiger partial charge on any atom is -0.328 e. The highest BCUT2D eigenvalue weighted by atomic mass is 35.5. The molecule has 2 unspecified atom stereocenters. The molecule has 1 saturated heterocycles. The number of sulfonamides is 1. The van der Waals surface area contributed by atoms with Crippen LogP contribution < -0.4 is 5.73 Å². The molecular formula is C18H31ClN2O2S. The summed E-state index contributed by atoms with van der Waals surface area (Å²) in [6, 6.07) is 0.0247. The van der Waals surface area contributed by atoms with E-state index in [1.54, 1.807) is 4.31 Å². The summed E-state index contributed by atoms with van der Waals surface area (Å²) in [5, 5.41) is 0. The minimum atomic E-state index is -3.47. The van der Waals surface area contributed by atoms with Gasteiger partial charge in [0.2, 0.25) is 10.0 Å². The average Bonchev–Trinajstić information content (AvgIpc) is 2.51. The SMILES string of the molecule is Cc1c(C)c(C)c(S(=O)(=O)N2CCCC(C(C)N)C2)c(C)c1C.Cl. The summed E-state index contributed by atoms with van der Waals surface area (Å²) < 4.78 is 28.2. The third-order valence-corrected chi connectivity index (χ3v) is 7.83. The van der Waals surface area contributed by atoms with E-state index in [0.717, 1.165) is 35.1 Å². The minimum absolute atomic E-state index is 0. The van der Waals surface area contributed by atoms with Crippen molar-refractivity contribution in [1.82, 2.24) is 4.31 Å². The van der Waals surface area contributed by atoms with Crippen molar-refractivity contribution in [2.75, 3.05) is 13.1 Å². The molecule has 138 valence electrons. The second-order valence-corrected chi connectivity index (χ2v) is 8.95. The van der Waals surface area contributed by atoms with Crippen molar-refractivity contribution in [2.24, 2.45) is 11.7 Å². The van der Waals surface area contributed by atoms with Crippen LogP contribution in [0.15, 0.2) is 4.90 Å². The molecule has 0 spiro atoms. The van der Waals surface area contributed by atoms with E-state index >= 15 is 0 Å². The topological polar surface area (TPSA) is 63.4 Å². The summed E-state index contributed by atoms with van der Waals surface area (Å²) >= 11 is 0. The Kier molecular flexibility index (Phi) is 6.90. The highest BCUT2D eigenvalue weighted by Gasteiger charge is 2.34. The molecule has 6 heteroatoms. The second kappa shape index (κ2) is 7.73. The monoisotopic (exact) mass is 374 g/mol. The van der Waals surface area contributed by atoms with Gasteiger partial charge in [0.1, 0.15) is 0 Å². The lowest BCUT2D eigenvalue weighted by Crippen LogP contribution is -2.45. The van der Waals surface area contributed by atoms with Crippen molar-refractivity contribution < 1.29 is 8.42 Å². The van der Waals surface area contributed by atoms with Crippen molar-refractivity contribution in [3.05, 3.63) is 27.8 Å². The standard InChI is InChI=1S/C18H30N2O2S.ClH/c1-11-12(2)14(4)18(15(5)13(11)3)23(21,22)20-9-7-8-17(10-20)16(6)19;/h16-17H,7-10,19H2,1-6H3;1H. The molecule has 2 atom stereocenters. The van der Waals surface area contributed by atoms with Crippen LogP contribution in [0.3, 0.4) is 0 Å². The second-order valence-electron chi connectivity index (χ2n) is 7.08. The zero-order valence-corrected chi connectivity index (χ0v) is 17.3. The lowest BCUT2D eigenvalue weighted by atomic mass is 9.93. The van der Waals surface area contributed by atoms with Gasteiger partial charge < -0.3 is 5.73 Å². The molecule has 1 aromatic rings. The zero-order valence-electron chi connectivity index (χ0n) is 15.6. The third kappa shape index (κ3) is 3.64. The summed E-state index contributed by atoms with van der Waals surface area (Å²) in [6.07, 6.45) is 1.89. The normalized spacial score (nSPS) is 20.5. The molecule has 1 aromatic carbocycles. The number of piperidine rings is 1. The van der Waals surface area contributed by atoms with E-state index < -0.39 is 10.0 Å². The molecule has 0 aliphatic carbocycles. The zero-order chi connectivity index (χ0) is 17.5. The van der Waals surface area contributed by atoms with Crippen molar-refractivity contribution in [2.45, 2.75) is 65.3 Å². The number of nitrogens with two attached hydrogens (primary N) is 1. The van der Waals surface area contributed by atoms with E-state index in [4.69, 9.17) is 5.73 Å². The number of nitrogens with zero attached hydrogens (tertiary/aromatic N) is 1. The molecule has 1 heterocycles. The highest BCUT2D eigenvalue weighted by Crippen LogP contribution is 2.33. The highest BCUT2D eigenvalue weighted by molar-refractivity contribution is 7.89. The average molecular weight is 375 g/mol. The van der Waals surface area contributed by atoms with Crippen LogP contribution >= 0.6 is 12.4 Å². The first kappa shape index (κ1) is 21.4. The molecule has 24 heavy (non-hydrogen) atoms. The Bertz CT molecular complexity index is 685. The van der Waals surface area contributed by atoms with Gasteiger partial charge in [-0.05, 0) is 88.1 Å². The molecule has 0 saturated carbocycles. The summed E-state index contributed by atoms with van der Waals surface area (Å²) in [7, 11) is -3.47. The van der Waals surface area contributed by atoms with Crippen molar-refractivity contribution in [3.63, 3.8) is 0 Å². The molecule has 0 aromatic heterocycles. The molecular weight excluding hydrogens is 344 g/mol. The predicted molar refractivity (Wildman–Crippen MR) is 103 cm³/mol. The number of halogens is 1. The van der Waals surface area contributed by atoms with Gasteiger partial charge in [0.25, 0.3) is 0 Å². The number of hydrogen-bond acceptors (Lipinski definition) is 3. The van der Waals surface area contributed by atoms with Gasteiger partial charge in [-0.2, -0.15) is 4.31 Å². The fraction of sp³-hybridized carbons (Fsp3) is 0.667. The van der Waals surface area contributed by atoms with Gasteiger partial charge in [0, 0.05) is 19.1 Å². The first-order valence-electron chi connectivity index (χ1n) is 8.41. The van der Waals surface area contributed by atoms with E-state index in [0.29, 0.717) is 18.0 Å². The lowest BCUT2D eigenvalue weighted by Gasteiger charge is -2.34. The van der Waals surface area contributed by atoms with Gasteiger partial charge >= 0.3 is 0 Å². The van der Waals surface area contributed by atoms with E-state index in [-0.39, 0.29) is 24.4 Å². The van der Waals surface area contributed by atoms with Crippen LogP contribution in [0.25, 0.3) is 0 Å². The van der Waals surface area contributed by atoms with E-state index in [9.17, 15) is 8.42 Å². The third-order valence-electron chi connectivity index (χ3n) is 5.69. The van der Waals surface area contributed by atoms with Gasteiger partial charge in [-0.3, -0.25) is 0 Å².